The van der Waals surface area contributed by atoms with Crippen LogP contribution < -0.4 is 4.90 Å². The fourth-order valence-corrected chi connectivity index (χ4v) is 6.47. The Bertz CT molecular complexity index is 1530. The molecule has 0 radical (unpaired) electrons. The molecule has 7 rings (SSSR count). The van der Waals surface area contributed by atoms with Crippen molar-refractivity contribution in [1.82, 2.24) is 0 Å². The fraction of sp³-hybridized carbons (Fsp3) is 0.129. The molecule has 1 spiro atoms. The van der Waals surface area contributed by atoms with E-state index in [1.165, 1.54) is 6.26 Å². The lowest BCUT2D eigenvalue weighted by Gasteiger charge is -2.37. The van der Waals surface area contributed by atoms with E-state index < -0.39 is 23.4 Å². The number of anilines is 1. The summed E-state index contributed by atoms with van der Waals surface area (Å²) >= 11 is 0. The molecule has 0 unspecified atom stereocenters. The molecule has 1 aromatic heterocycles. The van der Waals surface area contributed by atoms with Gasteiger partial charge >= 0.3 is 0 Å². The van der Waals surface area contributed by atoms with Crippen LogP contribution >= 0.6 is 0 Å². The number of fused-ring (bicyclic) bond motifs is 5. The highest BCUT2D eigenvalue weighted by atomic mass is 16.3. The van der Waals surface area contributed by atoms with Gasteiger partial charge in [0.25, 0.3) is 0 Å². The van der Waals surface area contributed by atoms with Crippen molar-refractivity contribution < 1.29 is 18.8 Å². The number of ketones is 3. The van der Waals surface area contributed by atoms with Gasteiger partial charge in [-0.1, -0.05) is 84.9 Å². The number of carbonyl (C=O) groups is 3. The number of rotatable bonds is 3. The molecule has 0 bridgehead atoms. The first-order valence-corrected chi connectivity index (χ1v) is 12.0. The molecule has 3 heterocycles. The topological polar surface area (TPSA) is 67.6 Å². The van der Waals surface area contributed by atoms with Crippen molar-refractivity contribution in [2.45, 2.75) is 18.0 Å². The summed E-state index contributed by atoms with van der Waals surface area (Å²) in [5.74, 6) is -1.02. The van der Waals surface area contributed by atoms with Gasteiger partial charge in [-0.05, 0) is 23.8 Å². The van der Waals surface area contributed by atoms with E-state index in [9.17, 15) is 14.4 Å². The first-order valence-electron chi connectivity index (χ1n) is 12.0. The first kappa shape index (κ1) is 20.8. The van der Waals surface area contributed by atoms with Crippen LogP contribution in [0.5, 0.6) is 0 Å². The Morgan fingerprint density at radius 3 is 2.14 bits per heavy atom. The zero-order chi connectivity index (χ0) is 24.4. The monoisotopic (exact) mass is 471 g/mol. The molecule has 3 atom stereocenters. The van der Waals surface area contributed by atoms with E-state index in [4.69, 9.17) is 4.42 Å². The van der Waals surface area contributed by atoms with Crippen LogP contribution in [0.1, 0.15) is 48.3 Å². The van der Waals surface area contributed by atoms with Gasteiger partial charge in [-0.2, -0.15) is 0 Å². The molecule has 5 nitrogen and oxygen atoms in total. The Balaban J connectivity index is 1.55. The molecule has 1 aliphatic carbocycles. The van der Waals surface area contributed by atoms with Crippen LogP contribution in [-0.2, 0) is 0 Å². The van der Waals surface area contributed by atoms with Crippen LogP contribution in [-0.4, -0.2) is 29.4 Å². The molecule has 1 fully saturated rings. The van der Waals surface area contributed by atoms with Crippen molar-refractivity contribution >= 4 is 29.1 Å². The van der Waals surface area contributed by atoms with Gasteiger partial charge < -0.3 is 9.32 Å². The summed E-state index contributed by atoms with van der Waals surface area (Å²) in [5, 5.41) is 0. The highest BCUT2D eigenvalue weighted by Gasteiger charge is 2.72. The number of carbonyl (C=O) groups excluding carboxylic acids is 3. The summed E-state index contributed by atoms with van der Waals surface area (Å²) in [6.07, 6.45) is 5.40. The largest absolute Gasteiger partial charge is 0.469 e. The first-order chi connectivity index (χ1) is 17.6. The molecule has 3 aromatic carbocycles. The number of nitrogens with zero attached hydrogens (tertiary/aromatic N) is 1. The minimum Gasteiger partial charge on any atom is -0.469 e. The van der Waals surface area contributed by atoms with Crippen molar-refractivity contribution in [2.75, 3.05) is 4.90 Å². The normalized spacial score (nSPS) is 23.0. The SMILES string of the molecule is O=C(c1ccccc1)[C@H]1[C@H](c2ccco2)C2(C(=O)c3ccccc3C2=O)[C@@H]2C=Cc3ccccc3N21. The smallest absolute Gasteiger partial charge is 0.186 e. The van der Waals surface area contributed by atoms with Crippen molar-refractivity contribution in [3.05, 3.63) is 131 Å². The summed E-state index contributed by atoms with van der Waals surface area (Å²) in [4.78, 5) is 45.0. The van der Waals surface area contributed by atoms with E-state index in [0.29, 0.717) is 22.5 Å². The number of Topliss-reactive ketones (excluding diaryl/α,β-unsaturated/α-hetero) is 3. The Labute approximate surface area is 207 Å². The average Bonchev–Trinajstić information content (AvgIpc) is 3.62. The minimum absolute atomic E-state index is 0.152. The van der Waals surface area contributed by atoms with Gasteiger partial charge in [-0.3, -0.25) is 14.4 Å². The van der Waals surface area contributed by atoms with Crippen LogP contribution in [0.2, 0.25) is 0 Å². The molecule has 174 valence electrons. The third-order valence-electron chi connectivity index (χ3n) is 7.89. The Morgan fingerprint density at radius 1 is 0.778 bits per heavy atom. The average molecular weight is 472 g/mol. The summed E-state index contributed by atoms with van der Waals surface area (Å²) < 4.78 is 5.90. The van der Waals surface area contributed by atoms with E-state index >= 15 is 0 Å². The molecule has 3 aliphatic rings. The van der Waals surface area contributed by atoms with Crippen molar-refractivity contribution in [1.29, 1.82) is 0 Å². The maximum absolute atomic E-state index is 14.4. The molecule has 36 heavy (non-hydrogen) atoms. The van der Waals surface area contributed by atoms with Crippen LogP contribution in [0.25, 0.3) is 6.08 Å². The van der Waals surface area contributed by atoms with Crippen LogP contribution in [0.15, 0.2) is 108 Å². The van der Waals surface area contributed by atoms with E-state index in [0.717, 1.165) is 11.3 Å². The van der Waals surface area contributed by atoms with E-state index in [1.807, 2.05) is 59.5 Å². The summed E-state index contributed by atoms with van der Waals surface area (Å²) in [6, 6.07) is 25.9. The molecule has 5 heteroatoms. The second-order valence-corrected chi connectivity index (χ2v) is 9.51. The molecule has 0 amide bonds. The molecule has 4 aromatic rings. The third-order valence-corrected chi connectivity index (χ3v) is 7.89. The zero-order valence-corrected chi connectivity index (χ0v) is 19.2. The quantitative estimate of drug-likeness (QED) is 0.288. The van der Waals surface area contributed by atoms with E-state index in [1.54, 1.807) is 48.5 Å². The van der Waals surface area contributed by atoms with Gasteiger partial charge in [0.1, 0.15) is 17.2 Å². The maximum Gasteiger partial charge on any atom is 0.186 e. The van der Waals surface area contributed by atoms with Crippen LogP contribution in [0, 0.1) is 5.41 Å². The highest BCUT2D eigenvalue weighted by molar-refractivity contribution is 6.32. The summed E-state index contributed by atoms with van der Waals surface area (Å²) in [6.45, 7) is 0. The van der Waals surface area contributed by atoms with Crippen LogP contribution in [0.4, 0.5) is 5.69 Å². The number of hydrogen-bond donors (Lipinski definition) is 0. The molecular formula is C31H21NO4. The number of hydrogen-bond acceptors (Lipinski definition) is 5. The van der Waals surface area contributed by atoms with E-state index in [-0.39, 0.29) is 17.3 Å². The van der Waals surface area contributed by atoms with Gasteiger partial charge in [-0.15, -0.1) is 0 Å². The fourth-order valence-electron chi connectivity index (χ4n) is 6.47. The molecule has 0 N–H and O–H groups in total. The summed E-state index contributed by atoms with van der Waals surface area (Å²) in [7, 11) is 0. The van der Waals surface area contributed by atoms with Crippen molar-refractivity contribution in [3.63, 3.8) is 0 Å². The number of furan rings is 1. The zero-order valence-electron chi connectivity index (χ0n) is 19.2. The van der Waals surface area contributed by atoms with Crippen molar-refractivity contribution in [2.24, 2.45) is 5.41 Å². The van der Waals surface area contributed by atoms with Gasteiger partial charge in [-0.25, -0.2) is 0 Å². The Hall–Kier alpha value is -4.51. The van der Waals surface area contributed by atoms with Crippen LogP contribution in [0.3, 0.4) is 0 Å². The Kier molecular flexibility index (Phi) is 4.33. The lowest BCUT2D eigenvalue weighted by Crippen LogP contribution is -2.48. The third kappa shape index (κ3) is 2.52. The van der Waals surface area contributed by atoms with Gasteiger partial charge in [0.2, 0.25) is 0 Å². The standard InChI is InChI=1S/C31H21NO4/c33-28(20-10-2-1-3-11-20)27-26(24-15-8-18-36-24)31(29(34)21-12-5-6-13-22(21)30(31)35)25-17-16-19-9-4-7-14-23(19)32(25)27/h1-18,25-27H/t25-,26-,27+/m0/s1. The molecular weight excluding hydrogens is 450 g/mol. The maximum atomic E-state index is 14.4. The number of benzene rings is 3. The second kappa shape index (κ2) is 7.49. The van der Waals surface area contributed by atoms with Gasteiger partial charge in [0.05, 0.1) is 18.2 Å². The molecule has 1 saturated heterocycles. The lowest BCUT2D eigenvalue weighted by atomic mass is 9.65. The molecule has 2 aliphatic heterocycles. The number of para-hydroxylation sites is 1. The predicted molar refractivity (Wildman–Crippen MR) is 135 cm³/mol. The molecule has 0 saturated carbocycles. The predicted octanol–water partition coefficient (Wildman–Crippen LogP) is 5.60. The van der Waals surface area contributed by atoms with Crippen molar-refractivity contribution in [3.8, 4) is 0 Å². The van der Waals surface area contributed by atoms with Gasteiger partial charge in [0, 0.05) is 22.4 Å². The summed E-state index contributed by atoms with van der Waals surface area (Å²) in [5.41, 5.74) is 1.56. The second-order valence-electron chi connectivity index (χ2n) is 9.51. The lowest BCUT2D eigenvalue weighted by molar-refractivity contribution is 0.0652. The highest BCUT2D eigenvalue weighted by Crippen LogP contribution is 2.60. The van der Waals surface area contributed by atoms with Gasteiger partial charge in [0.15, 0.2) is 17.3 Å². The minimum atomic E-state index is -1.53. The Morgan fingerprint density at radius 2 is 1.44 bits per heavy atom. The van der Waals surface area contributed by atoms with E-state index in [2.05, 4.69) is 0 Å².